The van der Waals surface area contributed by atoms with E-state index in [9.17, 15) is 40.8 Å². The predicted octanol–water partition coefficient (Wildman–Crippen LogP) is 6.30. The van der Waals surface area contributed by atoms with Crippen LogP contribution in [-0.4, -0.2) is 29.3 Å². The molecule has 2 aromatic carbocycles. The average molecular weight is 553 g/mol. The molecule has 0 aliphatic rings. The number of hydrazone groups is 1. The Morgan fingerprint density at radius 1 is 1.16 bits per heavy atom. The van der Waals surface area contributed by atoms with Crippen molar-refractivity contribution >= 4 is 39.4 Å². The molecule has 1 N–H and O–H groups in total. The number of alkyl halides is 7. The fourth-order valence-electron chi connectivity index (χ4n) is 2.15. The Hall–Kier alpha value is -2.61. The van der Waals surface area contributed by atoms with E-state index in [4.69, 9.17) is 16.3 Å². The van der Waals surface area contributed by atoms with Gasteiger partial charge in [-0.1, -0.05) is 29.8 Å². The van der Waals surface area contributed by atoms with Gasteiger partial charge in [0.2, 0.25) is 5.75 Å². The van der Waals surface area contributed by atoms with E-state index in [-0.39, 0.29) is 22.4 Å². The normalized spacial score (nSPS) is 12.8. The van der Waals surface area contributed by atoms with Crippen molar-refractivity contribution in [3.05, 3.63) is 67.1 Å². The van der Waals surface area contributed by atoms with E-state index in [2.05, 4.69) is 21.0 Å². The van der Waals surface area contributed by atoms with Crippen LogP contribution in [0.15, 0.2) is 46.0 Å². The maximum absolute atomic E-state index is 13.2. The van der Waals surface area contributed by atoms with E-state index in [1.165, 1.54) is 0 Å². The largest absolute Gasteiger partial charge is 0.481 e. The smallest absolute Gasteiger partial charge is 0.462 e. The summed E-state index contributed by atoms with van der Waals surface area (Å²) in [6, 6.07) is 2.57. The minimum absolute atomic E-state index is 0.0485. The van der Waals surface area contributed by atoms with Crippen LogP contribution in [0.1, 0.15) is 11.1 Å². The van der Waals surface area contributed by atoms with Gasteiger partial charge in [0.15, 0.2) is 0 Å². The molecule has 0 radical (unpaired) electrons. The zero-order valence-electron chi connectivity index (χ0n) is 15.3. The first kappa shape index (κ1) is 25.6. The first-order chi connectivity index (χ1) is 14.7. The van der Waals surface area contributed by atoms with E-state index in [0.717, 1.165) is 12.1 Å². The summed E-state index contributed by atoms with van der Waals surface area (Å²) in [6.07, 6.45) is -6.14. The van der Waals surface area contributed by atoms with Crippen LogP contribution in [0.2, 0.25) is 5.02 Å². The molecule has 15 heteroatoms. The number of benzene rings is 2. The highest BCUT2D eigenvalue weighted by Gasteiger charge is 2.73. The Labute approximate surface area is 188 Å². The van der Waals surface area contributed by atoms with Crippen LogP contribution in [0.25, 0.3) is 0 Å². The zero-order chi connectivity index (χ0) is 24.3. The lowest BCUT2D eigenvalue weighted by Gasteiger charge is -2.27. The number of nitrogens with one attached hydrogen (secondary N) is 1. The van der Waals surface area contributed by atoms with Crippen LogP contribution in [0.4, 0.5) is 36.4 Å². The van der Waals surface area contributed by atoms with E-state index >= 15 is 0 Å². The molecule has 0 heterocycles. The summed E-state index contributed by atoms with van der Waals surface area (Å²) in [5, 5.41) is 14.3. The Morgan fingerprint density at radius 2 is 1.78 bits per heavy atom. The first-order valence-electron chi connectivity index (χ1n) is 8.14. The Balaban J connectivity index is 2.26. The van der Waals surface area contributed by atoms with E-state index < -0.39 is 28.8 Å². The van der Waals surface area contributed by atoms with Crippen molar-refractivity contribution in [2.45, 2.75) is 24.8 Å². The predicted molar refractivity (Wildman–Crippen MR) is 103 cm³/mol. The number of nitro groups is 1. The van der Waals surface area contributed by atoms with Gasteiger partial charge < -0.3 is 4.74 Å². The number of nitrogens with zero attached hydrogens (tertiary/aromatic N) is 2. The third-order valence-corrected chi connectivity index (χ3v) is 4.70. The zero-order valence-corrected chi connectivity index (χ0v) is 17.6. The summed E-state index contributed by atoms with van der Waals surface area (Å²) in [5.41, 5.74) is -0.0282. The van der Waals surface area contributed by atoms with Gasteiger partial charge in [-0.15, -0.1) is 0 Å². The SMILES string of the molecule is O=[N+]([O-])c1cc(/C=N\NC(F)(F)C(F)(F)C(F)(F)F)cc(Br)c1OCc1ccccc1Cl. The molecule has 0 spiro atoms. The van der Waals surface area contributed by atoms with Crippen LogP contribution in [0.5, 0.6) is 5.75 Å². The lowest BCUT2D eigenvalue weighted by Crippen LogP contribution is -2.58. The summed E-state index contributed by atoms with van der Waals surface area (Å²) < 4.78 is 93.8. The van der Waals surface area contributed by atoms with Crippen molar-refractivity contribution in [1.29, 1.82) is 0 Å². The van der Waals surface area contributed by atoms with Gasteiger partial charge in [-0.05, 0) is 28.1 Å². The molecular weight excluding hydrogens is 543 g/mol. The molecule has 2 rings (SSSR count). The molecule has 0 fully saturated rings. The summed E-state index contributed by atoms with van der Waals surface area (Å²) >= 11 is 8.96. The molecule has 2 aromatic rings. The van der Waals surface area contributed by atoms with Crippen molar-refractivity contribution in [1.82, 2.24) is 5.43 Å². The van der Waals surface area contributed by atoms with Gasteiger partial charge in [0.1, 0.15) is 6.61 Å². The third-order valence-electron chi connectivity index (χ3n) is 3.74. The molecule has 0 unspecified atom stereocenters. The van der Waals surface area contributed by atoms with Gasteiger partial charge >= 0.3 is 23.8 Å². The molecule has 0 aliphatic heterocycles. The minimum Gasteiger partial charge on any atom is -0.481 e. The molecule has 174 valence electrons. The highest BCUT2D eigenvalue weighted by atomic mass is 79.9. The first-order valence-corrected chi connectivity index (χ1v) is 9.31. The molecule has 0 saturated carbocycles. The fourth-order valence-corrected chi connectivity index (χ4v) is 2.93. The summed E-state index contributed by atoms with van der Waals surface area (Å²) in [4.78, 5) is 10.5. The molecule has 0 amide bonds. The molecule has 0 aromatic heterocycles. The van der Waals surface area contributed by atoms with Crippen LogP contribution in [0, 0.1) is 10.1 Å². The van der Waals surface area contributed by atoms with Crippen molar-refractivity contribution in [3.63, 3.8) is 0 Å². The number of hydrogen-bond acceptors (Lipinski definition) is 5. The minimum atomic E-state index is -6.54. The molecule has 0 bridgehead atoms. The van der Waals surface area contributed by atoms with E-state index in [1.54, 1.807) is 24.3 Å². The summed E-state index contributed by atoms with van der Waals surface area (Å²) in [6.45, 7) is -0.174. The van der Waals surface area contributed by atoms with Gasteiger partial charge in [0.05, 0.1) is 15.6 Å². The van der Waals surface area contributed by atoms with Crippen LogP contribution >= 0.6 is 27.5 Å². The average Bonchev–Trinajstić information content (AvgIpc) is 2.66. The maximum Gasteiger partial charge on any atom is 0.462 e. The quantitative estimate of drug-likeness (QED) is 0.137. The molecule has 0 atom stereocenters. The van der Waals surface area contributed by atoms with Crippen LogP contribution in [-0.2, 0) is 6.61 Å². The van der Waals surface area contributed by atoms with Gasteiger partial charge in [-0.25, -0.2) is 5.43 Å². The van der Waals surface area contributed by atoms with Crippen molar-refractivity contribution < 1.29 is 40.4 Å². The maximum atomic E-state index is 13.2. The number of hydrogen-bond donors (Lipinski definition) is 1. The second-order valence-electron chi connectivity index (χ2n) is 6.00. The van der Waals surface area contributed by atoms with Crippen molar-refractivity contribution in [2.24, 2.45) is 5.10 Å². The topological polar surface area (TPSA) is 76.8 Å². The molecule has 0 aliphatic carbocycles. The third kappa shape index (κ3) is 5.59. The monoisotopic (exact) mass is 551 g/mol. The Bertz CT molecular complexity index is 1030. The van der Waals surface area contributed by atoms with Gasteiger partial charge in [-0.3, -0.25) is 10.1 Å². The Kier molecular flexibility index (Phi) is 7.60. The summed E-state index contributed by atoms with van der Waals surface area (Å²) in [5.74, 6) is -6.69. The highest BCUT2D eigenvalue weighted by molar-refractivity contribution is 9.10. The lowest BCUT2D eigenvalue weighted by molar-refractivity contribution is -0.386. The number of halogens is 9. The number of ether oxygens (including phenoxy) is 1. The van der Waals surface area contributed by atoms with Crippen molar-refractivity contribution in [3.8, 4) is 5.75 Å². The standard InChI is InChI=1S/C17H10BrClF7N3O3/c18-11-5-9(7-27-28-17(25,26)15(20,21)16(22,23)24)6-13(29(30)31)14(11)32-8-10-3-1-2-4-12(10)19/h1-7,28H,8H2/b27-7-. The fraction of sp³-hybridized carbons (Fsp3) is 0.235. The van der Waals surface area contributed by atoms with Gasteiger partial charge in [0.25, 0.3) is 0 Å². The van der Waals surface area contributed by atoms with Crippen molar-refractivity contribution in [2.75, 3.05) is 0 Å². The highest BCUT2D eigenvalue weighted by Crippen LogP contribution is 2.45. The van der Waals surface area contributed by atoms with E-state index in [0.29, 0.717) is 22.2 Å². The Morgan fingerprint density at radius 3 is 2.34 bits per heavy atom. The number of rotatable bonds is 8. The second-order valence-corrected chi connectivity index (χ2v) is 7.27. The summed E-state index contributed by atoms with van der Waals surface area (Å²) in [7, 11) is 0. The molecule has 6 nitrogen and oxygen atoms in total. The lowest BCUT2D eigenvalue weighted by atomic mass is 10.2. The van der Waals surface area contributed by atoms with Gasteiger partial charge in [-0.2, -0.15) is 35.8 Å². The number of nitro benzene ring substituents is 1. The van der Waals surface area contributed by atoms with Crippen LogP contribution < -0.4 is 10.2 Å². The van der Waals surface area contributed by atoms with Crippen LogP contribution in [0.3, 0.4) is 0 Å². The van der Waals surface area contributed by atoms with Gasteiger partial charge in [0, 0.05) is 22.2 Å². The molecular formula is C17H10BrClF7N3O3. The molecule has 0 saturated heterocycles. The second kappa shape index (κ2) is 9.48. The molecule has 32 heavy (non-hydrogen) atoms. The van der Waals surface area contributed by atoms with E-state index in [1.807, 2.05) is 0 Å².